The van der Waals surface area contributed by atoms with Crippen LogP contribution in [-0.2, 0) is 0 Å². The van der Waals surface area contributed by atoms with Crippen molar-refractivity contribution >= 4 is 28.8 Å². The lowest BCUT2D eigenvalue weighted by Crippen LogP contribution is -2.03. The summed E-state index contributed by atoms with van der Waals surface area (Å²) in [5, 5.41) is 5.73. The van der Waals surface area contributed by atoms with E-state index in [2.05, 4.69) is 10.1 Å². The van der Waals surface area contributed by atoms with Gasteiger partial charge in [-0.1, -0.05) is 29.8 Å². The number of carbonyl (C=O) groups is 1. The van der Waals surface area contributed by atoms with Gasteiger partial charge in [-0.05, 0) is 19.1 Å². The third kappa shape index (κ3) is 2.00. The van der Waals surface area contributed by atoms with Crippen LogP contribution in [0.4, 0.5) is 0 Å². The highest BCUT2D eigenvalue weighted by molar-refractivity contribution is 6.31. The SMILES string of the molecule is Cc1nn(-c2nc3ccccc3cc2C=O)cc1Cl. The Morgan fingerprint density at radius 2 is 2.11 bits per heavy atom. The number of rotatable bonds is 2. The molecule has 0 atom stereocenters. The third-order valence-electron chi connectivity index (χ3n) is 2.92. The number of pyridine rings is 1. The molecule has 0 unspecified atom stereocenters. The standard InChI is InChI=1S/C14H10ClN3O/c1-9-12(15)7-18(17-9)14-11(8-19)6-10-4-2-3-5-13(10)16-14/h2-8H,1H3. The Morgan fingerprint density at radius 1 is 1.32 bits per heavy atom. The van der Waals surface area contributed by atoms with Crippen molar-refractivity contribution in [2.75, 3.05) is 0 Å². The molecule has 0 saturated carbocycles. The van der Waals surface area contributed by atoms with Gasteiger partial charge >= 0.3 is 0 Å². The van der Waals surface area contributed by atoms with Crippen molar-refractivity contribution in [3.63, 3.8) is 0 Å². The molecule has 0 N–H and O–H groups in total. The molecule has 0 fully saturated rings. The quantitative estimate of drug-likeness (QED) is 0.673. The lowest BCUT2D eigenvalue weighted by Gasteiger charge is -2.06. The molecule has 0 aliphatic rings. The molecule has 3 aromatic rings. The normalized spacial score (nSPS) is 10.8. The van der Waals surface area contributed by atoms with Gasteiger partial charge in [-0.25, -0.2) is 9.67 Å². The summed E-state index contributed by atoms with van der Waals surface area (Å²) in [4.78, 5) is 15.7. The van der Waals surface area contributed by atoms with Crippen molar-refractivity contribution in [3.05, 3.63) is 52.8 Å². The molecule has 2 heterocycles. The number of aromatic nitrogens is 3. The fraction of sp³-hybridized carbons (Fsp3) is 0.0714. The number of fused-ring (bicyclic) bond motifs is 1. The van der Waals surface area contributed by atoms with Crippen LogP contribution in [0.3, 0.4) is 0 Å². The number of carbonyl (C=O) groups excluding carboxylic acids is 1. The number of hydrogen-bond acceptors (Lipinski definition) is 3. The summed E-state index contributed by atoms with van der Waals surface area (Å²) in [5.41, 5.74) is 2.00. The fourth-order valence-electron chi connectivity index (χ4n) is 1.94. The predicted octanol–water partition coefficient (Wildman–Crippen LogP) is 3.19. The first-order valence-corrected chi connectivity index (χ1v) is 6.14. The number of para-hydroxylation sites is 1. The minimum Gasteiger partial charge on any atom is -0.298 e. The summed E-state index contributed by atoms with van der Waals surface area (Å²) < 4.78 is 1.54. The Hall–Kier alpha value is -2.20. The van der Waals surface area contributed by atoms with Gasteiger partial charge in [0.2, 0.25) is 0 Å². The molecule has 3 rings (SSSR count). The van der Waals surface area contributed by atoms with Gasteiger partial charge in [0.1, 0.15) is 0 Å². The highest BCUT2D eigenvalue weighted by atomic mass is 35.5. The van der Waals surface area contributed by atoms with Crippen molar-refractivity contribution < 1.29 is 4.79 Å². The van der Waals surface area contributed by atoms with Crippen molar-refractivity contribution in [2.45, 2.75) is 6.92 Å². The first-order chi connectivity index (χ1) is 9.19. The van der Waals surface area contributed by atoms with Crippen LogP contribution in [-0.4, -0.2) is 21.1 Å². The van der Waals surface area contributed by atoms with E-state index in [1.165, 1.54) is 4.68 Å². The molecule has 2 aromatic heterocycles. The third-order valence-corrected chi connectivity index (χ3v) is 3.29. The number of aldehydes is 1. The number of aryl methyl sites for hydroxylation is 1. The van der Waals surface area contributed by atoms with Gasteiger partial charge in [0.15, 0.2) is 12.1 Å². The fourth-order valence-corrected chi connectivity index (χ4v) is 2.07. The van der Waals surface area contributed by atoms with Crippen LogP contribution < -0.4 is 0 Å². The molecule has 0 radical (unpaired) electrons. The number of nitrogens with zero attached hydrogens (tertiary/aromatic N) is 3. The number of hydrogen-bond donors (Lipinski definition) is 0. The second kappa shape index (κ2) is 4.48. The molecule has 5 heteroatoms. The van der Waals surface area contributed by atoms with E-state index >= 15 is 0 Å². The Bertz CT molecular complexity index is 760. The zero-order valence-corrected chi connectivity index (χ0v) is 10.9. The summed E-state index contributed by atoms with van der Waals surface area (Å²) in [6.07, 6.45) is 2.43. The van der Waals surface area contributed by atoms with Gasteiger partial charge in [-0.2, -0.15) is 5.10 Å². The van der Waals surface area contributed by atoms with E-state index in [1.807, 2.05) is 24.3 Å². The molecule has 4 nitrogen and oxygen atoms in total. The van der Waals surface area contributed by atoms with Gasteiger partial charge < -0.3 is 0 Å². The monoisotopic (exact) mass is 271 g/mol. The van der Waals surface area contributed by atoms with Crippen LogP contribution in [0.5, 0.6) is 0 Å². The summed E-state index contributed by atoms with van der Waals surface area (Å²) >= 11 is 5.99. The van der Waals surface area contributed by atoms with Crippen LogP contribution in [0.1, 0.15) is 16.1 Å². The molecule has 0 bridgehead atoms. The molecule has 94 valence electrons. The predicted molar refractivity (Wildman–Crippen MR) is 74.0 cm³/mol. The van der Waals surface area contributed by atoms with E-state index in [4.69, 9.17) is 11.6 Å². The molecule has 0 saturated heterocycles. The molecule has 1 aromatic carbocycles. The van der Waals surface area contributed by atoms with Gasteiger partial charge in [0.25, 0.3) is 0 Å². The minimum absolute atomic E-state index is 0.484. The molecule has 0 aliphatic carbocycles. The minimum atomic E-state index is 0.484. The van der Waals surface area contributed by atoms with Crippen LogP contribution in [0.15, 0.2) is 36.5 Å². The zero-order valence-electron chi connectivity index (χ0n) is 10.2. The van der Waals surface area contributed by atoms with Crippen LogP contribution in [0.25, 0.3) is 16.7 Å². The summed E-state index contributed by atoms with van der Waals surface area (Å²) in [7, 11) is 0. The van der Waals surface area contributed by atoms with Crippen LogP contribution in [0, 0.1) is 6.92 Å². The second-order valence-electron chi connectivity index (χ2n) is 4.22. The van der Waals surface area contributed by atoms with Crippen molar-refractivity contribution in [2.24, 2.45) is 0 Å². The van der Waals surface area contributed by atoms with E-state index in [9.17, 15) is 4.79 Å². The maximum absolute atomic E-state index is 11.2. The summed E-state index contributed by atoms with van der Waals surface area (Å²) in [6.45, 7) is 1.81. The molecule has 0 spiro atoms. The molecular formula is C14H10ClN3O. The highest BCUT2D eigenvalue weighted by Crippen LogP contribution is 2.21. The Balaban J connectivity index is 2.29. The molecule has 19 heavy (non-hydrogen) atoms. The van der Waals surface area contributed by atoms with E-state index in [0.29, 0.717) is 22.1 Å². The summed E-state index contributed by atoms with van der Waals surface area (Å²) in [6, 6.07) is 9.43. The van der Waals surface area contributed by atoms with Crippen molar-refractivity contribution in [3.8, 4) is 5.82 Å². The highest BCUT2D eigenvalue weighted by Gasteiger charge is 2.11. The average molecular weight is 272 g/mol. The van der Waals surface area contributed by atoms with Gasteiger partial charge in [0.05, 0.1) is 28.0 Å². The Morgan fingerprint density at radius 3 is 2.79 bits per heavy atom. The summed E-state index contributed by atoms with van der Waals surface area (Å²) in [5.74, 6) is 0.490. The largest absolute Gasteiger partial charge is 0.298 e. The van der Waals surface area contributed by atoms with Crippen molar-refractivity contribution in [1.82, 2.24) is 14.8 Å². The van der Waals surface area contributed by atoms with E-state index in [0.717, 1.165) is 17.2 Å². The van der Waals surface area contributed by atoms with Crippen molar-refractivity contribution in [1.29, 1.82) is 0 Å². The molecule has 0 aliphatic heterocycles. The first-order valence-electron chi connectivity index (χ1n) is 5.76. The Kier molecular flexibility index (Phi) is 2.80. The van der Waals surface area contributed by atoms with E-state index < -0.39 is 0 Å². The second-order valence-corrected chi connectivity index (χ2v) is 4.63. The maximum Gasteiger partial charge on any atom is 0.164 e. The molecule has 0 amide bonds. The first kappa shape index (κ1) is 11.9. The zero-order chi connectivity index (χ0) is 13.4. The lowest BCUT2D eigenvalue weighted by atomic mass is 10.1. The van der Waals surface area contributed by atoms with E-state index in [-0.39, 0.29) is 0 Å². The lowest BCUT2D eigenvalue weighted by molar-refractivity contribution is 0.112. The van der Waals surface area contributed by atoms with Gasteiger partial charge in [-0.15, -0.1) is 0 Å². The Labute approximate surface area is 114 Å². The van der Waals surface area contributed by atoms with Crippen LogP contribution >= 0.6 is 11.6 Å². The number of benzene rings is 1. The van der Waals surface area contributed by atoms with Crippen LogP contribution in [0.2, 0.25) is 5.02 Å². The average Bonchev–Trinajstić information content (AvgIpc) is 2.77. The van der Waals surface area contributed by atoms with E-state index in [1.54, 1.807) is 19.2 Å². The molecular weight excluding hydrogens is 262 g/mol. The van der Waals surface area contributed by atoms with Gasteiger partial charge in [-0.3, -0.25) is 4.79 Å². The topological polar surface area (TPSA) is 47.8 Å². The maximum atomic E-state index is 11.2. The van der Waals surface area contributed by atoms with Gasteiger partial charge in [0, 0.05) is 5.39 Å². The smallest absolute Gasteiger partial charge is 0.164 e. The number of halogens is 1.